The zero-order valence-corrected chi connectivity index (χ0v) is 7.33. The van der Waals surface area contributed by atoms with Crippen molar-refractivity contribution < 1.29 is 0 Å². The highest BCUT2D eigenvalue weighted by atomic mass is 35.5. The zero-order valence-electron chi connectivity index (χ0n) is 6.51. The van der Waals surface area contributed by atoms with E-state index in [1.807, 2.05) is 13.8 Å². The fourth-order valence-corrected chi connectivity index (χ4v) is 1.04. The fraction of sp³-hybridized carbons (Fsp3) is 0.375. The summed E-state index contributed by atoms with van der Waals surface area (Å²) in [4.78, 5) is 4.23. The lowest BCUT2D eigenvalue weighted by molar-refractivity contribution is 1.10. The van der Waals surface area contributed by atoms with Crippen LogP contribution in [0.5, 0.6) is 0 Å². The van der Waals surface area contributed by atoms with E-state index in [1.165, 1.54) is 5.56 Å². The lowest BCUT2D eigenvalue weighted by Crippen LogP contribution is -1.85. The molecule has 0 aliphatic rings. The van der Waals surface area contributed by atoms with Gasteiger partial charge in [0, 0.05) is 11.4 Å². The van der Waals surface area contributed by atoms with Gasteiger partial charge in [-0.1, -0.05) is 0 Å². The Morgan fingerprint density at radius 1 is 1.00 bits per heavy atom. The summed E-state index contributed by atoms with van der Waals surface area (Å²) in [5.74, 6) is 0. The number of halogens is 1. The molecule has 1 aromatic heterocycles. The minimum Gasteiger partial charge on any atom is -0.258 e. The van der Waals surface area contributed by atoms with Gasteiger partial charge in [-0.05, 0) is 38.5 Å². The van der Waals surface area contributed by atoms with Gasteiger partial charge >= 0.3 is 0 Å². The fourth-order valence-electron chi connectivity index (χ4n) is 1.04. The predicted octanol–water partition coefficient (Wildman–Crippen LogP) is 2.43. The Balaban J connectivity index is 0.000000810. The average Bonchev–Trinajstić information content (AvgIpc) is 1.59. The van der Waals surface area contributed by atoms with Crippen LogP contribution in [-0.2, 0) is 0 Å². The second kappa shape index (κ2) is 3.57. The molecule has 1 heterocycles. The van der Waals surface area contributed by atoms with E-state index in [4.69, 9.17) is 0 Å². The van der Waals surface area contributed by atoms with E-state index in [1.54, 1.807) is 0 Å². The third-order valence-corrected chi connectivity index (χ3v) is 1.23. The third kappa shape index (κ3) is 2.36. The number of hydrogen-bond donors (Lipinski definition) is 0. The van der Waals surface area contributed by atoms with Gasteiger partial charge in [0.05, 0.1) is 0 Å². The second-order valence-electron chi connectivity index (χ2n) is 2.43. The van der Waals surface area contributed by atoms with Gasteiger partial charge in [0.15, 0.2) is 0 Å². The second-order valence-corrected chi connectivity index (χ2v) is 2.43. The first-order chi connectivity index (χ1) is 4.18. The maximum absolute atomic E-state index is 4.23. The molecule has 2 heteroatoms. The lowest BCUT2D eigenvalue weighted by atomic mass is 10.2. The molecule has 0 aromatic carbocycles. The number of nitrogens with zero attached hydrogens (tertiary/aromatic N) is 1. The number of hydrogen-bond acceptors (Lipinski definition) is 1. The Kier molecular flexibility index (Phi) is 3.37. The number of aryl methyl sites for hydroxylation is 3. The standard InChI is InChI=1S/C8H11N.ClH/c1-6-4-7(2)9-8(3)5-6;/h4-5H,1-3H3;1H. The molecule has 0 N–H and O–H groups in total. The Bertz CT molecular complexity index is 170. The molecule has 56 valence electrons. The highest BCUT2D eigenvalue weighted by Crippen LogP contribution is 2.01. The van der Waals surface area contributed by atoms with Gasteiger partial charge in [0.1, 0.15) is 0 Å². The molecule has 0 radical (unpaired) electrons. The van der Waals surface area contributed by atoms with Gasteiger partial charge in [0.25, 0.3) is 0 Å². The van der Waals surface area contributed by atoms with E-state index in [-0.39, 0.29) is 12.4 Å². The van der Waals surface area contributed by atoms with Crippen molar-refractivity contribution in [3.8, 4) is 0 Å². The van der Waals surface area contributed by atoms with Crippen LogP contribution in [0.4, 0.5) is 0 Å². The Morgan fingerprint density at radius 3 is 1.70 bits per heavy atom. The number of aromatic nitrogens is 1. The van der Waals surface area contributed by atoms with E-state index < -0.39 is 0 Å². The molecule has 10 heavy (non-hydrogen) atoms. The molecule has 0 saturated heterocycles. The van der Waals surface area contributed by atoms with Crippen LogP contribution in [0.3, 0.4) is 0 Å². The van der Waals surface area contributed by atoms with E-state index in [2.05, 4.69) is 24.0 Å². The van der Waals surface area contributed by atoms with E-state index in [0.29, 0.717) is 0 Å². The topological polar surface area (TPSA) is 12.9 Å². The summed E-state index contributed by atoms with van der Waals surface area (Å²) >= 11 is 0. The molecule has 1 nitrogen and oxygen atoms in total. The van der Waals surface area contributed by atoms with Gasteiger partial charge in [0.2, 0.25) is 0 Å². The van der Waals surface area contributed by atoms with Crippen LogP contribution in [0.2, 0.25) is 0 Å². The molecule has 0 aliphatic heterocycles. The summed E-state index contributed by atoms with van der Waals surface area (Å²) < 4.78 is 0. The van der Waals surface area contributed by atoms with Crippen LogP contribution >= 0.6 is 12.4 Å². The molecule has 0 saturated carbocycles. The van der Waals surface area contributed by atoms with Crippen LogP contribution in [0.1, 0.15) is 17.0 Å². The maximum atomic E-state index is 4.23. The molecular weight excluding hydrogens is 146 g/mol. The van der Waals surface area contributed by atoms with Crippen LogP contribution in [0.25, 0.3) is 0 Å². The van der Waals surface area contributed by atoms with Crippen molar-refractivity contribution in [2.24, 2.45) is 0 Å². The first-order valence-electron chi connectivity index (χ1n) is 3.10. The zero-order chi connectivity index (χ0) is 6.85. The van der Waals surface area contributed by atoms with Crippen molar-refractivity contribution in [2.45, 2.75) is 20.8 Å². The van der Waals surface area contributed by atoms with E-state index in [0.717, 1.165) is 11.4 Å². The van der Waals surface area contributed by atoms with Crippen LogP contribution in [-0.4, -0.2) is 4.98 Å². The largest absolute Gasteiger partial charge is 0.258 e. The summed E-state index contributed by atoms with van der Waals surface area (Å²) in [7, 11) is 0. The first kappa shape index (κ1) is 9.44. The molecule has 0 fully saturated rings. The normalized spacial score (nSPS) is 8.70. The summed E-state index contributed by atoms with van der Waals surface area (Å²) in [6, 6.07) is 4.15. The SMILES string of the molecule is Cc1cc(C)nc(C)c1.Cl. The minimum atomic E-state index is 0. The highest BCUT2D eigenvalue weighted by Gasteiger charge is 1.88. The smallest absolute Gasteiger partial charge is 0.0378 e. The van der Waals surface area contributed by atoms with Crippen molar-refractivity contribution >= 4 is 12.4 Å². The number of rotatable bonds is 0. The van der Waals surface area contributed by atoms with Gasteiger partial charge in [-0.25, -0.2) is 0 Å². The Hall–Kier alpha value is -0.560. The van der Waals surface area contributed by atoms with Gasteiger partial charge in [-0.2, -0.15) is 0 Å². The Morgan fingerprint density at radius 2 is 1.40 bits per heavy atom. The highest BCUT2D eigenvalue weighted by molar-refractivity contribution is 5.85. The van der Waals surface area contributed by atoms with Crippen LogP contribution < -0.4 is 0 Å². The first-order valence-corrected chi connectivity index (χ1v) is 3.10. The average molecular weight is 158 g/mol. The molecule has 1 aromatic rings. The molecule has 0 amide bonds. The van der Waals surface area contributed by atoms with Crippen molar-refractivity contribution in [3.05, 3.63) is 29.1 Å². The monoisotopic (exact) mass is 157 g/mol. The summed E-state index contributed by atoms with van der Waals surface area (Å²) in [6.07, 6.45) is 0. The summed E-state index contributed by atoms with van der Waals surface area (Å²) in [5, 5.41) is 0. The molecule has 0 unspecified atom stereocenters. The Labute approximate surface area is 67.9 Å². The van der Waals surface area contributed by atoms with Gasteiger partial charge in [-0.3, -0.25) is 4.98 Å². The van der Waals surface area contributed by atoms with Gasteiger partial charge < -0.3 is 0 Å². The van der Waals surface area contributed by atoms with E-state index in [9.17, 15) is 0 Å². The van der Waals surface area contributed by atoms with Crippen molar-refractivity contribution in [1.82, 2.24) is 4.98 Å². The number of pyridine rings is 1. The van der Waals surface area contributed by atoms with Crippen molar-refractivity contribution in [2.75, 3.05) is 0 Å². The quantitative estimate of drug-likeness (QED) is 0.564. The lowest BCUT2D eigenvalue weighted by Gasteiger charge is -1.96. The van der Waals surface area contributed by atoms with Gasteiger partial charge in [-0.15, -0.1) is 12.4 Å². The third-order valence-electron chi connectivity index (χ3n) is 1.23. The maximum Gasteiger partial charge on any atom is 0.0378 e. The van der Waals surface area contributed by atoms with Crippen LogP contribution in [0.15, 0.2) is 12.1 Å². The molecule has 0 bridgehead atoms. The summed E-state index contributed by atoms with van der Waals surface area (Å²) in [6.45, 7) is 6.11. The molecule has 0 atom stereocenters. The van der Waals surface area contributed by atoms with Crippen molar-refractivity contribution in [1.29, 1.82) is 0 Å². The molecular formula is C8H12ClN. The molecule has 0 spiro atoms. The molecule has 0 aliphatic carbocycles. The van der Waals surface area contributed by atoms with E-state index >= 15 is 0 Å². The molecule has 1 rings (SSSR count). The minimum absolute atomic E-state index is 0. The predicted molar refractivity (Wildman–Crippen MR) is 45.7 cm³/mol. The van der Waals surface area contributed by atoms with Crippen LogP contribution in [0, 0.1) is 20.8 Å². The summed E-state index contributed by atoms with van der Waals surface area (Å²) in [5.41, 5.74) is 3.50. The van der Waals surface area contributed by atoms with Crippen molar-refractivity contribution in [3.63, 3.8) is 0 Å².